The molecule has 0 unspecified atom stereocenters. The average Bonchev–Trinajstić information content (AvgIpc) is 2.64. The summed E-state index contributed by atoms with van der Waals surface area (Å²) < 4.78 is 26.7. The van der Waals surface area contributed by atoms with Crippen molar-refractivity contribution in [1.29, 1.82) is 0 Å². The zero-order chi connectivity index (χ0) is 14.8. The van der Waals surface area contributed by atoms with Crippen molar-refractivity contribution in [2.24, 2.45) is 0 Å². The maximum Gasteiger partial charge on any atom is 0.243 e. The third-order valence-electron chi connectivity index (χ3n) is 3.53. The minimum atomic E-state index is -3.46. The maximum absolute atomic E-state index is 12.6. The quantitative estimate of drug-likeness (QED) is 0.825. The lowest BCUT2D eigenvalue weighted by Gasteiger charge is -2.21. The van der Waals surface area contributed by atoms with Crippen LogP contribution >= 0.6 is 0 Å². The fraction of sp³-hybridized carbons (Fsp3) is 0.500. The first-order valence-electron chi connectivity index (χ1n) is 6.73. The SMILES string of the molecule is CC(=O)N1CCCN(S(=O)(=O)c2cccc(C)c2)CC1. The second-order valence-corrected chi connectivity index (χ2v) is 7.02. The molecule has 1 heterocycles. The van der Waals surface area contributed by atoms with Gasteiger partial charge in [-0.15, -0.1) is 0 Å². The molecule has 0 radical (unpaired) electrons. The Bertz CT molecular complexity index is 598. The second-order valence-electron chi connectivity index (χ2n) is 5.08. The number of hydrogen-bond donors (Lipinski definition) is 0. The van der Waals surface area contributed by atoms with E-state index < -0.39 is 10.0 Å². The zero-order valence-electron chi connectivity index (χ0n) is 11.9. The molecular formula is C14H20N2O3S. The van der Waals surface area contributed by atoms with Gasteiger partial charge in [0.15, 0.2) is 0 Å². The minimum Gasteiger partial charge on any atom is -0.342 e. The lowest BCUT2D eigenvalue weighted by atomic mass is 10.2. The highest BCUT2D eigenvalue weighted by atomic mass is 32.2. The molecule has 1 amide bonds. The van der Waals surface area contributed by atoms with Gasteiger partial charge in [-0.3, -0.25) is 4.79 Å². The predicted octanol–water partition coefficient (Wildman–Crippen LogP) is 1.24. The Balaban J connectivity index is 2.20. The molecule has 1 fully saturated rings. The van der Waals surface area contributed by atoms with Crippen molar-refractivity contribution < 1.29 is 13.2 Å². The Morgan fingerprint density at radius 2 is 1.90 bits per heavy atom. The van der Waals surface area contributed by atoms with E-state index in [1.807, 2.05) is 13.0 Å². The Hall–Kier alpha value is -1.40. The number of aryl methyl sites for hydroxylation is 1. The molecule has 1 aromatic rings. The van der Waals surface area contributed by atoms with Crippen LogP contribution in [0.2, 0.25) is 0 Å². The number of nitrogens with zero attached hydrogens (tertiary/aromatic N) is 2. The van der Waals surface area contributed by atoms with Gasteiger partial charge in [0.25, 0.3) is 0 Å². The van der Waals surface area contributed by atoms with Gasteiger partial charge in [0.1, 0.15) is 0 Å². The van der Waals surface area contributed by atoms with Crippen LogP contribution < -0.4 is 0 Å². The van der Waals surface area contributed by atoms with E-state index in [-0.39, 0.29) is 5.91 Å². The van der Waals surface area contributed by atoms with Gasteiger partial charge >= 0.3 is 0 Å². The first kappa shape index (κ1) is 15.0. The summed E-state index contributed by atoms with van der Waals surface area (Å²) in [6.45, 7) is 5.29. The summed E-state index contributed by atoms with van der Waals surface area (Å²) in [6, 6.07) is 6.93. The van der Waals surface area contributed by atoms with Crippen LogP contribution in [0.15, 0.2) is 29.2 Å². The molecule has 0 saturated carbocycles. The largest absolute Gasteiger partial charge is 0.342 e. The molecule has 110 valence electrons. The van der Waals surface area contributed by atoms with Crippen molar-refractivity contribution in [3.63, 3.8) is 0 Å². The third kappa shape index (κ3) is 3.19. The molecule has 0 spiro atoms. The third-order valence-corrected chi connectivity index (χ3v) is 5.42. The van der Waals surface area contributed by atoms with Crippen LogP contribution in [0, 0.1) is 6.92 Å². The van der Waals surface area contributed by atoms with E-state index in [0.717, 1.165) is 5.56 Å². The number of carbonyl (C=O) groups is 1. The van der Waals surface area contributed by atoms with Crippen LogP contribution in [-0.2, 0) is 14.8 Å². The summed E-state index contributed by atoms with van der Waals surface area (Å²) in [5, 5.41) is 0. The summed E-state index contributed by atoms with van der Waals surface area (Å²) in [5.74, 6) is -0.000182. The molecule has 2 rings (SSSR count). The van der Waals surface area contributed by atoms with Crippen LogP contribution in [0.5, 0.6) is 0 Å². The molecule has 20 heavy (non-hydrogen) atoms. The molecular weight excluding hydrogens is 276 g/mol. The van der Waals surface area contributed by atoms with Crippen molar-refractivity contribution in [3.05, 3.63) is 29.8 Å². The predicted molar refractivity (Wildman–Crippen MR) is 76.8 cm³/mol. The number of rotatable bonds is 2. The maximum atomic E-state index is 12.6. The van der Waals surface area contributed by atoms with E-state index in [9.17, 15) is 13.2 Å². The number of amides is 1. The van der Waals surface area contributed by atoms with Gasteiger partial charge in [-0.25, -0.2) is 8.42 Å². The van der Waals surface area contributed by atoms with E-state index in [2.05, 4.69) is 0 Å². The van der Waals surface area contributed by atoms with Crippen LogP contribution in [0.3, 0.4) is 0 Å². The molecule has 1 saturated heterocycles. The first-order valence-corrected chi connectivity index (χ1v) is 8.17. The molecule has 6 heteroatoms. The van der Waals surface area contributed by atoms with Crippen molar-refractivity contribution in [1.82, 2.24) is 9.21 Å². The zero-order valence-corrected chi connectivity index (χ0v) is 12.7. The lowest BCUT2D eigenvalue weighted by molar-refractivity contribution is -0.128. The molecule has 1 aliphatic rings. The summed E-state index contributed by atoms with van der Waals surface area (Å²) in [7, 11) is -3.46. The van der Waals surface area contributed by atoms with Crippen LogP contribution in [-0.4, -0.2) is 49.7 Å². The monoisotopic (exact) mass is 296 g/mol. The molecule has 1 aliphatic heterocycles. The molecule has 0 aliphatic carbocycles. The highest BCUT2D eigenvalue weighted by Crippen LogP contribution is 2.18. The number of hydrogen-bond acceptors (Lipinski definition) is 3. The number of benzene rings is 1. The highest BCUT2D eigenvalue weighted by Gasteiger charge is 2.27. The van der Waals surface area contributed by atoms with E-state index in [1.165, 1.54) is 11.2 Å². The number of sulfonamides is 1. The molecule has 5 nitrogen and oxygen atoms in total. The minimum absolute atomic E-state index is 0.000182. The average molecular weight is 296 g/mol. The second kappa shape index (κ2) is 5.93. The summed E-state index contributed by atoms with van der Waals surface area (Å²) in [4.78, 5) is 13.4. The van der Waals surface area contributed by atoms with Gasteiger partial charge in [-0.05, 0) is 31.0 Å². The molecule has 0 atom stereocenters. The molecule has 1 aromatic carbocycles. The van der Waals surface area contributed by atoms with E-state index in [0.29, 0.717) is 37.5 Å². The summed E-state index contributed by atoms with van der Waals surface area (Å²) in [5.41, 5.74) is 0.922. The Morgan fingerprint density at radius 3 is 2.55 bits per heavy atom. The lowest BCUT2D eigenvalue weighted by Crippen LogP contribution is -2.36. The van der Waals surface area contributed by atoms with Gasteiger partial charge in [0.05, 0.1) is 4.90 Å². The van der Waals surface area contributed by atoms with Crippen molar-refractivity contribution in [2.45, 2.75) is 25.2 Å². The normalized spacial score (nSPS) is 17.8. The molecule has 0 bridgehead atoms. The van der Waals surface area contributed by atoms with E-state index >= 15 is 0 Å². The summed E-state index contributed by atoms with van der Waals surface area (Å²) >= 11 is 0. The number of carbonyl (C=O) groups excluding carboxylic acids is 1. The molecule has 0 N–H and O–H groups in total. The van der Waals surface area contributed by atoms with Gasteiger partial charge < -0.3 is 4.90 Å². The van der Waals surface area contributed by atoms with Crippen molar-refractivity contribution in [2.75, 3.05) is 26.2 Å². The highest BCUT2D eigenvalue weighted by molar-refractivity contribution is 7.89. The smallest absolute Gasteiger partial charge is 0.243 e. The summed E-state index contributed by atoms with van der Waals surface area (Å²) in [6.07, 6.45) is 0.671. The van der Waals surface area contributed by atoms with E-state index in [1.54, 1.807) is 23.1 Å². The topological polar surface area (TPSA) is 57.7 Å². The van der Waals surface area contributed by atoms with Crippen LogP contribution in [0.25, 0.3) is 0 Å². The van der Waals surface area contributed by atoms with Crippen molar-refractivity contribution in [3.8, 4) is 0 Å². The molecule has 0 aromatic heterocycles. The van der Waals surface area contributed by atoms with Crippen molar-refractivity contribution >= 4 is 15.9 Å². The Morgan fingerprint density at radius 1 is 1.15 bits per heavy atom. The van der Waals surface area contributed by atoms with Crippen LogP contribution in [0.1, 0.15) is 18.9 Å². The fourth-order valence-corrected chi connectivity index (χ4v) is 3.95. The van der Waals surface area contributed by atoms with Gasteiger partial charge in [-0.1, -0.05) is 12.1 Å². The Kier molecular flexibility index (Phi) is 4.45. The first-order chi connectivity index (χ1) is 9.41. The van der Waals surface area contributed by atoms with E-state index in [4.69, 9.17) is 0 Å². The standard InChI is InChI=1S/C14H20N2O3S/c1-12-5-3-6-14(11-12)20(18,19)16-8-4-7-15(9-10-16)13(2)17/h3,5-6,11H,4,7-10H2,1-2H3. The Labute approximate surface area is 120 Å². The van der Waals surface area contributed by atoms with Gasteiger partial charge in [0, 0.05) is 33.1 Å². The van der Waals surface area contributed by atoms with Crippen LogP contribution in [0.4, 0.5) is 0 Å². The fourth-order valence-electron chi connectivity index (χ4n) is 2.37. The van der Waals surface area contributed by atoms with Gasteiger partial charge in [-0.2, -0.15) is 4.31 Å². The van der Waals surface area contributed by atoms with Gasteiger partial charge in [0.2, 0.25) is 15.9 Å².